The van der Waals surface area contributed by atoms with E-state index in [9.17, 15) is 9.65 Å². The maximum absolute atomic E-state index is 13.7. The van der Waals surface area contributed by atoms with Gasteiger partial charge in [0.25, 0.3) is 0 Å². The number of halogens is 3. The number of benzene rings is 2. The van der Waals surface area contributed by atoms with Crippen LogP contribution in [-0.2, 0) is 0 Å². The third kappa shape index (κ3) is 6.63. The summed E-state index contributed by atoms with van der Waals surface area (Å²) in [4.78, 5) is 10.7. The molecule has 232 valence electrons. The molecule has 0 unspecified atom stereocenters. The number of hydrazine groups is 2. The molecule has 2 aromatic carbocycles. The number of hydrogen-bond donors (Lipinski definition) is 4. The number of rotatable bonds is 7. The Morgan fingerprint density at radius 1 is 1.02 bits per heavy atom. The van der Waals surface area contributed by atoms with E-state index in [0.29, 0.717) is 33.3 Å². The van der Waals surface area contributed by atoms with Gasteiger partial charge >= 0.3 is 0 Å². The third-order valence-electron chi connectivity index (χ3n) is 8.28. The Morgan fingerprint density at radius 3 is 2.44 bits per heavy atom. The number of anilines is 3. The van der Waals surface area contributed by atoms with E-state index < -0.39 is 5.95 Å². The van der Waals surface area contributed by atoms with Crippen molar-refractivity contribution in [3.8, 4) is 6.07 Å². The molecule has 6 rings (SSSR count). The Balaban J connectivity index is 1.33. The fourth-order valence-corrected chi connectivity index (χ4v) is 6.29. The molecule has 1 fully saturated rings. The van der Waals surface area contributed by atoms with Crippen LogP contribution < -0.4 is 21.6 Å². The maximum atomic E-state index is 13.7. The molecule has 0 bridgehead atoms. The summed E-state index contributed by atoms with van der Waals surface area (Å²) < 4.78 is 13.7. The van der Waals surface area contributed by atoms with Crippen molar-refractivity contribution in [3.63, 3.8) is 0 Å². The molecule has 2 aromatic heterocycles. The first-order chi connectivity index (χ1) is 21.6. The van der Waals surface area contributed by atoms with Crippen molar-refractivity contribution in [2.45, 2.75) is 51.2 Å². The summed E-state index contributed by atoms with van der Waals surface area (Å²) >= 11 is 12.8. The summed E-state index contributed by atoms with van der Waals surface area (Å²) in [5.41, 5.74) is 11.3. The number of aromatic nitrogens is 2. The zero-order chi connectivity index (χ0) is 31.7. The molecule has 9 nitrogen and oxygen atoms in total. The first kappa shape index (κ1) is 30.9. The van der Waals surface area contributed by atoms with Crippen molar-refractivity contribution in [3.05, 3.63) is 99.9 Å². The van der Waals surface area contributed by atoms with Crippen molar-refractivity contribution in [2.75, 3.05) is 23.7 Å². The number of piperidine rings is 1. The normalized spacial score (nSPS) is 16.6. The van der Waals surface area contributed by atoms with Gasteiger partial charge in [-0.2, -0.15) is 9.65 Å². The molecule has 45 heavy (non-hydrogen) atoms. The fraction of sp³-hybridized carbons (Fsp3) is 0.303. The lowest BCUT2D eigenvalue weighted by Crippen LogP contribution is -2.52. The highest BCUT2D eigenvalue weighted by Gasteiger charge is 2.32. The second kappa shape index (κ2) is 12.7. The van der Waals surface area contributed by atoms with Crippen LogP contribution in [0.4, 0.5) is 21.5 Å². The molecule has 4 aromatic rings. The Bertz CT molecular complexity index is 1780. The lowest BCUT2D eigenvalue weighted by atomic mass is 9.98. The highest BCUT2D eigenvalue weighted by molar-refractivity contribution is 6.36. The van der Waals surface area contributed by atoms with Crippen LogP contribution >= 0.6 is 23.2 Å². The number of pyridine rings is 2. The van der Waals surface area contributed by atoms with Gasteiger partial charge in [0.1, 0.15) is 6.07 Å². The standard InChI is InChI=1S/C33H34Cl2FN9/c1-33(2,3)44-11-9-24(10-12-44)45-19-28(42-43-45)30(20-7-5-4-6-8-20)40-22-13-25-29(41-23-15-27(35)32(36)39-18-23)21(16-37)17-38-31(25)26(34)14-22/h4-8,13-15,17-19,24,30,40,42-43H,9-12H2,1-3H3,(H,38,41)/t30-/m0/s1. The van der Waals surface area contributed by atoms with Gasteiger partial charge in [-0.25, -0.2) is 4.98 Å². The third-order valence-corrected chi connectivity index (χ3v) is 8.83. The predicted octanol–water partition coefficient (Wildman–Crippen LogP) is 7.27. The van der Waals surface area contributed by atoms with E-state index in [4.69, 9.17) is 23.2 Å². The Labute approximate surface area is 272 Å². The van der Waals surface area contributed by atoms with Crippen LogP contribution in [0.5, 0.6) is 0 Å². The van der Waals surface area contributed by atoms with E-state index in [2.05, 4.69) is 86.6 Å². The average Bonchev–Trinajstić information content (AvgIpc) is 3.52. The van der Waals surface area contributed by atoms with Crippen LogP contribution in [0.3, 0.4) is 0 Å². The second-order valence-electron chi connectivity index (χ2n) is 12.2. The summed E-state index contributed by atoms with van der Waals surface area (Å²) in [6, 6.07) is 17.6. The summed E-state index contributed by atoms with van der Waals surface area (Å²) in [6.45, 7) is 8.88. The van der Waals surface area contributed by atoms with Gasteiger partial charge in [0.05, 0.1) is 50.4 Å². The van der Waals surface area contributed by atoms with E-state index in [1.807, 2.05) is 30.3 Å². The van der Waals surface area contributed by atoms with E-state index in [1.54, 1.807) is 0 Å². The summed E-state index contributed by atoms with van der Waals surface area (Å²) in [5.74, 6) is -0.776. The molecule has 0 spiro atoms. The maximum Gasteiger partial charge on any atom is 0.231 e. The SMILES string of the molecule is CC(C)(C)N1CCC(N2C=C([C@@H](Nc3cc(Cl)c4ncc(C#N)c(Nc5cnc(F)c(Cl)c5)c4c3)c3ccccc3)NN2)CC1. The van der Waals surface area contributed by atoms with Gasteiger partial charge in [0, 0.05) is 48.1 Å². The Kier molecular flexibility index (Phi) is 8.71. The monoisotopic (exact) mass is 645 g/mol. The molecule has 4 heterocycles. The van der Waals surface area contributed by atoms with Crippen LogP contribution in [0.1, 0.15) is 50.8 Å². The molecule has 0 amide bonds. The van der Waals surface area contributed by atoms with Crippen molar-refractivity contribution in [1.29, 1.82) is 5.26 Å². The molecule has 0 aliphatic carbocycles. The molecule has 0 saturated carbocycles. The number of likely N-dealkylation sites (tertiary alicyclic amines) is 1. The van der Waals surface area contributed by atoms with Crippen LogP contribution in [0.2, 0.25) is 10.0 Å². The van der Waals surface area contributed by atoms with E-state index in [1.165, 1.54) is 18.5 Å². The average molecular weight is 647 g/mol. The van der Waals surface area contributed by atoms with Gasteiger partial charge in [0.2, 0.25) is 5.95 Å². The molecule has 2 aliphatic rings. The smallest absolute Gasteiger partial charge is 0.231 e. The van der Waals surface area contributed by atoms with Crippen LogP contribution in [-0.4, -0.2) is 44.5 Å². The second-order valence-corrected chi connectivity index (χ2v) is 13.1. The van der Waals surface area contributed by atoms with Gasteiger partial charge in [-0.1, -0.05) is 53.5 Å². The number of nitrogens with one attached hydrogen (secondary N) is 4. The van der Waals surface area contributed by atoms with Gasteiger partial charge in [0.15, 0.2) is 0 Å². The molecule has 12 heteroatoms. The number of nitrogens with zero attached hydrogens (tertiary/aromatic N) is 5. The van der Waals surface area contributed by atoms with Crippen molar-refractivity contribution >= 4 is 51.2 Å². The first-order valence-corrected chi connectivity index (χ1v) is 15.5. The topological polar surface area (TPSA) is 104 Å². The van der Waals surface area contributed by atoms with E-state index in [0.717, 1.165) is 42.9 Å². The van der Waals surface area contributed by atoms with Crippen molar-refractivity contribution < 1.29 is 4.39 Å². The summed E-state index contributed by atoms with van der Waals surface area (Å²) in [7, 11) is 0. The quantitative estimate of drug-likeness (QED) is 0.154. The molecule has 1 saturated heterocycles. The van der Waals surface area contributed by atoms with Crippen LogP contribution in [0.25, 0.3) is 10.9 Å². The lowest BCUT2D eigenvalue weighted by Gasteiger charge is -2.42. The fourth-order valence-electron chi connectivity index (χ4n) is 5.85. The predicted molar refractivity (Wildman–Crippen MR) is 177 cm³/mol. The molecular formula is C33H34Cl2FN9. The summed E-state index contributed by atoms with van der Waals surface area (Å²) in [5, 5.41) is 19.8. The molecular weight excluding hydrogens is 612 g/mol. The number of hydrogen-bond acceptors (Lipinski definition) is 9. The molecule has 4 N–H and O–H groups in total. The van der Waals surface area contributed by atoms with Gasteiger partial charge < -0.3 is 16.1 Å². The summed E-state index contributed by atoms with van der Waals surface area (Å²) in [6.07, 6.45) is 7.01. The lowest BCUT2D eigenvalue weighted by molar-refractivity contribution is 0.0570. The van der Waals surface area contributed by atoms with Crippen LogP contribution in [0.15, 0.2) is 72.8 Å². The highest BCUT2D eigenvalue weighted by Crippen LogP contribution is 2.37. The highest BCUT2D eigenvalue weighted by atomic mass is 35.5. The zero-order valence-electron chi connectivity index (χ0n) is 25.2. The van der Waals surface area contributed by atoms with Crippen LogP contribution in [0, 0.1) is 17.3 Å². The van der Waals surface area contributed by atoms with Crippen molar-refractivity contribution in [2.24, 2.45) is 0 Å². The Hall–Kier alpha value is -4.14. The molecule has 2 aliphatic heterocycles. The van der Waals surface area contributed by atoms with Crippen molar-refractivity contribution in [1.82, 2.24) is 30.8 Å². The van der Waals surface area contributed by atoms with Gasteiger partial charge in [-0.3, -0.25) is 14.9 Å². The first-order valence-electron chi connectivity index (χ1n) is 14.8. The van der Waals surface area contributed by atoms with E-state index >= 15 is 0 Å². The van der Waals surface area contributed by atoms with E-state index in [-0.39, 0.29) is 22.2 Å². The number of fused-ring (bicyclic) bond motifs is 1. The molecule has 1 atom stereocenters. The minimum Gasteiger partial charge on any atom is -0.373 e. The molecule has 0 radical (unpaired) electrons. The van der Waals surface area contributed by atoms with Gasteiger partial charge in [-0.05, 0) is 57.4 Å². The van der Waals surface area contributed by atoms with Gasteiger partial charge in [-0.15, -0.1) is 5.53 Å². The zero-order valence-corrected chi connectivity index (χ0v) is 26.7. The Morgan fingerprint density at radius 2 is 1.76 bits per heavy atom. The number of nitriles is 1. The largest absolute Gasteiger partial charge is 0.373 e. The minimum absolute atomic E-state index is 0.136. The minimum atomic E-state index is -0.776.